The van der Waals surface area contributed by atoms with Crippen molar-refractivity contribution in [2.24, 2.45) is 0 Å². The van der Waals surface area contributed by atoms with Crippen molar-refractivity contribution in [3.63, 3.8) is 0 Å². The molecular weight excluding hydrogens is 436 g/mol. The maximum Gasteiger partial charge on any atom is 0.196 e. The number of rotatable bonds is 6. The summed E-state index contributed by atoms with van der Waals surface area (Å²) in [6.07, 6.45) is 2.85. The highest BCUT2D eigenvalue weighted by molar-refractivity contribution is 9.10. The Morgan fingerprint density at radius 2 is 1.77 bits per heavy atom. The van der Waals surface area contributed by atoms with Gasteiger partial charge >= 0.3 is 0 Å². The lowest BCUT2D eigenvalue weighted by Crippen LogP contribution is -2.15. The van der Waals surface area contributed by atoms with Gasteiger partial charge in [0.2, 0.25) is 0 Å². The van der Waals surface area contributed by atoms with Crippen LogP contribution in [0.4, 0.5) is 0 Å². The topological polar surface area (TPSA) is 42.3 Å². The van der Waals surface area contributed by atoms with Gasteiger partial charge in [-0.2, -0.15) is 0 Å². The Kier molecular flexibility index (Phi) is 6.91. The first kappa shape index (κ1) is 21.0. The van der Waals surface area contributed by atoms with Gasteiger partial charge in [-0.15, -0.1) is 12.4 Å². The highest BCUT2D eigenvalue weighted by atomic mass is 79.9. The summed E-state index contributed by atoms with van der Waals surface area (Å²) in [5.74, 6) is -0.0584. The molecule has 0 unspecified atom stereocenters. The Labute approximate surface area is 169 Å². The molecule has 0 saturated carbocycles. The summed E-state index contributed by atoms with van der Waals surface area (Å²) < 4.78 is 28.3. The van der Waals surface area contributed by atoms with Crippen LogP contribution in [-0.4, -0.2) is 38.5 Å². The number of sulfone groups is 1. The summed E-state index contributed by atoms with van der Waals surface area (Å²) in [5.41, 5.74) is 2.10. The predicted molar refractivity (Wildman–Crippen MR) is 113 cm³/mol. The first-order valence-electron chi connectivity index (χ1n) is 8.06. The fraction of sp³-hybridized carbons (Fsp3) is 0.263. The predicted octanol–water partition coefficient (Wildman–Crippen LogP) is 4.36. The van der Waals surface area contributed by atoms with Crippen LogP contribution < -0.4 is 0 Å². The van der Waals surface area contributed by atoms with E-state index in [1.165, 1.54) is 0 Å². The minimum absolute atomic E-state index is 0. The van der Waals surface area contributed by atoms with Crippen LogP contribution in [0.15, 0.2) is 64.1 Å². The Morgan fingerprint density at radius 3 is 2.42 bits per heavy atom. The molecule has 0 N–H and O–H groups in total. The van der Waals surface area contributed by atoms with E-state index in [1.807, 2.05) is 43.1 Å². The lowest BCUT2D eigenvalue weighted by molar-refractivity contribution is 0.414. The van der Waals surface area contributed by atoms with Crippen LogP contribution in [-0.2, 0) is 22.1 Å². The molecule has 4 nitrogen and oxygen atoms in total. The van der Waals surface area contributed by atoms with Crippen LogP contribution in [0.5, 0.6) is 0 Å². The van der Waals surface area contributed by atoms with Gasteiger partial charge in [-0.1, -0.05) is 34.1 Å². The molecule has 0 spiro atoms. The summed E-state index contributed by atoms with van der Waals surface area (Å²) in [6.45, 7) is 0.914. The fourth-order valence-electron chi connectivity index (χ4n) is 2.88. The van der Waals surface area contributed by atoms with Crippen LogP contribution in [0.1, 0.15) is 5.56 Å². The largest absolute Gasteiger partial charge is 0.332 e. The van der Waals surface area contributed by atoms with Crippen molar-refractivity contribution in [2.45, 2.75) is 17.2 Å². The Balaban J connectivity index is 0.00000243. The second-order valence-electron chi connectivity index (χ2n) is 6.40. The zero-order valence-electron chi connectivity index (χ0n) is 14.7. The summed E-state index contributed by atoms with van der Waals surface area (Å²) >= 11 is 3.52. The Hall–Kier alpha value is -1.34. The van der Waals surface area contributed by atoms with Crippen molar-refractivity contribution in [1.82, 2.24) is 9.47 Å². The minimum Gasteiger partial charge on any atom is -0.332 e. The van der Waals surface area contributed by atoms with Gasteiger partial charge < -0.3 is 9.47 Å². The normalized spacial score (nSPS) is 11.7. The van der Waals surface area contributed by atoms with Crippen molar-refractivity contribution in [3.05, 3.63) is 64.8 Å². The second kappa shape index (κ2) is 8.57. The first-order chi connectivity index (χ1) is 11.9. The Bertz CT molecular complexity index is 985. The van der Waals surface area contributed by atoms with Gasteiger partial charge in [0.25, 0.3) is 0 Å². The molecule has 3 aromatic rings. The molecule has 7 heteroatoms. The summed E-state index contributed by atoms with van der Waals surface area (Å²) in [7, 11) is 0.681. The van der Waals surface area contributed by atoms with Crippen LogP contribution in [0.2, 0.25) is 0 Å². The number of benzene rings is 2. The van der Waals surface area contributed by atoms with E-state index in [0.717, 1.165) is 33.9 Å². The highest BCUT2D eigenvalue weighted by Gasteiger charge is 2.18. The molecule has 0 amide bonds. The monoisotopic (exact) mass is 456 g/mol. The van der Waals surface area contributed by atoms with Crippen molar-refractivity contribution in [3.8, 4) is 0 Å². The molecule has 26 heavy (non-hydrogen) atoms. The van der Waals surface area contributed by atoms with Crippen LogP contribution in [0.3, 0.4) is 0 Å². The van der Waals surface area contributed by atoms with Gasteiger partial charge in [0.15, 0.2) is 9.84 Å². The second-order valence-corrected chi connectivity index (χ2v) is 9.27. The number of halogens is 2. The molecule has 0 aliphatic carbocycles. The molecule has 2 aromatic carbocycles. The molecule has 1 heterocycles. The molecule has 0 aliphatic rings. The maximum absolute atomic E-state index is 12.7. The zero-order valence-corrected chi connectivity index (χ0v) is 17.9. The SMILES string of the molecule is CN(C)CCc1cn(CS(=O)(=O)c2ccccc2)c2ccc(Br)cc12.Cl. The van der Waals surface area contributed by atoms with Crippen LogP contribution in [0.25, 0.3) is 10.9 Å². The number of aromatic nitrogens is 1. The lowest BCUT2D eigenvalue weighted by atomic mass is 10.1. The minimum atomic E-state index is -3.39. The third-order valence-corrected chi connectivity index (χ3v) is 6.27. The molecule has 140 valence electrons. The van der Waals surface area contributed by atoms with Crippen molar-refractivity contribution >= 4 is 49.1 Å². The molecule has 0 aliphatic heterocycles. The summed E-state index contributed by atoms with van der Waals surface area (Å²) in [6, 6.07) is 14.6. The van der Waals surface area contributed by atoms with E-state index in [-0.39, 0.29) is 18.3 Å². The van der Waals surface area contributed by atoms with Crippen LogP contribution in [0, 0.1) is 0 Å². The quantitative estimate of drug-likeness (QED) is 0.552. The molecule has 0 bridgehead atoms. The maximum atomic E-state index is 12.7. The van der Waals surface area contributed by atoms with Gasteiger partial charge in [-0.05, 0) is 56.4 Å². The van der Waals surface area contributed by atoms with Crippen molar-refractivity contribution < 1.29 is 8.42 Å². The van der Waals surface area contributed by atoms with Gasteiger partial charge in [0.05, 0.1) is 4.90 Å². The van der Waals surface area contributed by atoms with Crippen molar-refractivity contribution in [2.75, 3.05) is 20.6 Å². The number of nitrogens with zero attached hydrogens (tertiary/aromatic N) is 2. The smallest absolute Gasteiger partial charge is 0.196 e. The van der Waals surface area contributed by atoms with Gasteiger partial charge in [0, 0.05) is 28.1 Å². The third-order valence-electron chi connectivity index (χ3n) is 4.17. The van der Waals surface area contributed by atoms with E-state index in [0.29, 0.717) is 4.90 Å². The summed E-state index contributed by atoms with van der Waals surface area (Å²) in [4.78, 5) is 2.48. The van der Waals surface area contributed by atoms with E-state index in [9.17, 15) is 8.42 Å². The van der Waals surface area contributed by atoms with Gasteiger partial charge in [-0.3, -0.25) is 0 Å². The average Bonchev–Trinajstić information content (AvgIpc) is 2.90. The van der Waals surface area contributed by atoms with Gasteiger partial charge in [0.1, 0.15) is 5.88 Å². The van der Waals surface area contributed by atoms with Crippen molar-refractivity contribution in [1.29, 1.82) is 0 Å². The van der Waals surface area contributed by atoms with E-state index in [1.54, 1.807) is 24.3 Å². The molecular formula is C19H22BrClN2O2S. The standard InChI is InChI=1S/C19H21BrN2O2S.ClH/c1-21(2)11-10-15-13-22(19-9-8-16(20)12-18(15)19)14-25(23,24)17-6-4-3-5-7-17;/h3-9,12-13H,10-11,14H2,1-2H3;1H. The van der Waals surface area contributed by atoms with E-state index in [2.05, 4.69) is 26.9 Å². The number of fused-ring (bicyclic) bond motifs is 1. The molecule has 0 radical (unpaired) electrons. The van der Waals surface area contributed by atoms with Gasteiger partial charge in [-0.25, -0.2) is 8.42 Å². The highest BCUT2D eigenvalue weighted by Crippen LogP contribution is 2.27. The molecule has 3 rings (SSSR count). The Morgan fingerprint density at radius 1 is 1.08 bits per heavy atom. The number of hydrogen-bond acceptors (Lipinski definition) is 3. The number of hydrogen-bond donors (Lipinski definition) is 0. The summed E-state index contributed by atoms with van der Waals surface area (Å²) in [5, 5.41) is 1.10. The average molecular weight is 458 g/mol. The molecule has 0 fully saturated rings. The molecule has 0 atom stereocenters. The molecule has 1 aromatic heterocycles. The van der Waals surface area contributed by atoms with E-state index in [4.69, 9.17) is 0 Å². The lowest BCUT2D eigenvalue weighted by Gasteiger charge is -2.08. The fourth-order valence-corrected chi connectivity index (χ4v) is 4.54. The number of likely N-dealkylation sites (N-methyl/N-ethyl adjacent to an activating group) is 1. The zero-order chi connectivity index (χ0) is 18.0. The van der Waals surface area contributed by atoms with Crippen LogP contribution >= 0.6 is 28.3 Å². The van der Waals surface area contributed by atoms with E-state index < -0.39 is 9.84 Å². The third kappa shape index (κ3) is 4.68. The first-order valence-corrected chi connectivity index (χ1v) is 10.5. The molecule has 0 saturated heterocycles. The van der Waals surface area contributed by atoms with E-state index >= 15 is 0 Å².